The lowest BCUT2D eigenvalue weighted by Gasteiger charge is -2.10. The predicted molar refractivity (Wildman–Crippen MR) is 47.7 cm³/mol. The molecule has 0 radical (unpaired) electrons. The van der Waals surface area contributed by atoms with Gasteiger partial charge in [0, 0.05) is 23.1 Å². The molecule has 0 fully saturated rings. The van der Waals surface area contributed by atoms with Crippen molar-refractivity contribution in [3.05, 3.63) is 29.6 Å². The van der Waals surface area contributed by atoms with E-state index in [0.717, 1.165) is 12.3 Å². The predicted octanol–water partition coefficient (Wildman–Crippen LogP) is 2.17. The minimum atomic E-state index is -4.63. The van der Waals surface area contributed by atoms with E-state index in [1.165, 1.54) is 0 Å². The molecular formula is C7H5ClF3NO2S. The largest absolute Gasteiger partial charge is 0.418 e. The van der Waals surface area contributed by atoms with Crippen LogP contribution < -0.4 is 0 Å². The lowest BCUT2D eigenvalue weighted by molar-refractivity contribution is -0.138. The van der Waals surface area contributed by atoms with Crippen LogP contribution in [0, 0.1) is 0 Å². The second kappa shape index (κ2) is 3.97. The van der Waals surface area contributed by atoms with Crippen LogP contribution in [0.25, 0.3) is 0 Å². The Kier molecular flexibility index (Phi) is 3.25. The van der Waals surface area contributed by atoms with E-state index in [2.05, 4.69) is 4.98 Å². The van der Waals surface area contributed by atoms with Crippen LogP contribution in [0.4, 0.5) is 13.2 Å². The number of rotatable bonds is 2. The van der Waals surface area contributed by atoms with Gasteiger partial charge in [-0.1, -0.05) is 0 Å². The van der Waals surface area contributed by atoms with Crippen molar-refractivity contribution in [2.45, 2.75) is 11.9 Å². The van der Waals surface area contributed by atoms with E-state index in [-0.39, 0.29) is 0 Å². The summed E-state index contributed by atoms with van der Waals surface area (Å²) in [5.74, 6) is -0.869. The second-order valence-corrected chi connectivity index (χ2v) is 5.49. The van der Waals surface area contributed by atoms with Crippen molar-refractivity contribution in [1.82, 2.24) is 4.98 Å². The molecule has 0 N–H and O–H groups in total. The van der Waals surface area contributed by atoms with Crippen molar-refractivity contribution in [2.24, 2.45) is 0 Å². The maximum atomic E-state index is 12.3. The number of nitrogens with zero attached hydrogens (tertiary/aromatic N) is 1. The first kappa shape index (κ1) is 12.3. The van der Waals surface area contributed by atoms with Gasteiger partial charge in [0.25, 0.3) is 0 Å². The monoisotopic (exact) mass is 259 g/mol. The van der Waals surface area contributed by atoms with Crippen molar-refractivity contribution in [1.29, 1.82) is 0 Å². The van der Waals surface area contributed by atoms with E-state index in [4.69, 9.17) is 10.7 Å². The molecule has 0 saturated carbocycles. The normalized spacial score (nSPS) is 12.8. The molecule has 0 amide bonds. The lowest BCUT2D eigenvalue weighted by atomic mass is 10.1. The second-order valence-electron chi connectivity index (χ2n) is 2.71. The third-order valence-corrected chi connectivity index (χ3v) is 2.53. The topological polar surface area (TPSA) is 47.0 Å². The summed E-state index contributed by atoms with van der Waals surface area (Å²) in [6, 6.07) is 0.975. The van der Waals surface area contributed by atoms with Gasteiger partial charge in [-0.25, -0.2) is 8.42 Å². The summed E-state index contributed by atoms with van der Waals surface area (Å²) in [6.45, 7) is 0. The zero-order valence-electron chi connectivity index (χ0n) is 7.12. The number of aromatic nitrogens is 1. The molecule has 8 heteroatoms. The molecule has 1 heterocycles. The van der Waals surface area contributed by atoms with Gasteiger partial charge >= 0.3 is 6.18 Å². The maximum absolute atomic E-state index is 12.3. The summed E-state index contributed by atoms with van der Waals surface area (Å²) in [5.41, 5.74) is -1.50. The molecule has 3 nitrogen and oxygen atoms in total. The number of alkyl halides is 3. The van der Waals surface area contributed by atoms with Gasteiger partial charge < -0.3 is 0 Å². The first-order valence-electron chi connectivity index (χ1n) is 3.62. The van der Waals surface area contributed by atoms with Crippen LogP contribution >= 0.6 is 10.7 Å². The first-order chi connectivity index (χ1) is 6.70. The Balaban J connectivity index is 3.19. The van der Waals surface area contributed by atoms with Gasteiger partial charge in [-0.05, 0) is 11.6 Å². The van der Waals surface area contributed by atoms with Gasteiger partial charge in [-0.15, -0.1) is 0 Å². The number of pyridine rings is 1. The quantitative estimate of drug-likeness (QED) is 0.765. The summed E-state index contributed by atoms with van der Waals surface area (Å²) in [4.78, 5) is 3.28. The highest BCUT2D eigenvalue weighted by molar-refractivity contribution is 8.13. The van der Waals surface area contributed by atoms with Crippen LogP contribution in [0.1, 0.15) is 11.1 Å². The Hall–Kier alpha value is -0.820. The first-order valence-corrected chi connectivity index (χ1v) is 6.10. The molecule has 0 aliphatic heterocycles. The highest BCUT2D eigenvalue weighted by Crippen LogP contribution is 2.32. The van der Waals surface area contributed by atoms with E-state index < -0.39 is 32.1 Å². The Labute approximate surface area is 88.3 Å². The van der Waals surface area contributed by atoms with E-state index >= 15 is 0 Å². The average Bonchev–Trinajstić information content (AvgIpc) is 1.99. The molecule has 0 saturated heterocycles. The number of hydrogen-bond acceptors (Lipinski definition) is 3. The molecule has 0 aliphatic carbocycles. The molecule has 0 aromatic carbocycles. The fraction of sp³-hybridized carbons (Fsp3) is 0.286. The lowest BCUT2D eigenvalue weighted by Crippen LogP contribution is -2.11. The van der Waals surface area contributed by atoms with Gasteiger partial charge in [0.1, 0.15) is 0 Å². The molecule has 0 spiro atoms. The Bertz CT molecular complexity index is 458. The fourth-order valence-corrected chi connectivity index (χ4v) is 1.97. The van der Waals surface area contributed by atoms with Crippen LogP contribution in [-0.2, 0) is 21.0 Å². The Morgan fingerprint density at radius 1 is 1.40 bits per heavy atom. The zero-order valence-corrected chi connectivity index (χ0v) is 8.70. The summed E-state index contributed by atoms with van der Waals surface area (Å²) < 4.78 is 58.4. The summed E-state index contributed by atoms with van der Waals surface area (Å²) in [7, 11) is 0.859. The number of halogens is 4. The fourth-order valence-electron chi connectivity index (χ4n) is 0.990. The molecule has 0 bridgehead atoms. The Morgan fingerprint density at radius 3 is 2.47 bits per heavy atom. The highest BCUT2D eigenvalue weighted by atomic mass is 35.7. The zero-order chi connectivity index (χ0) is 11.7. The third kappa shape index (κ3) is 3.67. The van der Waals surface area contributed by atoms with Crippen LogP contribution in [0.2, 0.25) is 0 Å². The minimum absolute atomic E-state index is 0.410. The minimum Gasteiger partial charge on any atom is -0.264 e. The van der Waals surface area contributed by atoms with Gasteiger partial charge in [0.05, 0.1) is 11.3 Å². The van der Waals surface area contributed by atoms with Crippen molar-refractivity contribution >= 4 is 19.7 Å². The molecule has 1 rings (SSSR count). The van der Waals surface area contributed by atoms with Gasteiger partial charge in [0.2, 0.25) is 9.05 Å². The summed E-state index contributed by atoms with van der Waals surface area (Å²) in [5, 5.41) is 0. The van der Waals surface area contributed by atoms with Gasteiger partial charge in [-0.3, -0.25) is 4.98 Å². The van der Waals surface area contributed by atoms with Crippen molar-refractivity contribution in [3.8, 4) is 0 Å². The van der Waals surface area contributed by atoms with Gasteiger partial charge in [0.15, 0.2) is 0 Å². The molecule has 0 aliphatic rings. The molecule has 15 heavy (non-hydrogen) atoms. The van der Waals surface area contributed by atoms with Crippen molar-refractivity contribution in [3.63, 3.8) is 0 Å². The third-order valence-electron chi connectivity index (χ3n) is 1.54. The van der Waals surface area contributed by atoms with E-state index in [9.17, 15) is 21.6 Å². The van der Waals surface area contributed by atoms with E-state index in [1.807, 2.05) is 0 Å². The Morgan fingerprint density at radius 2 is 2.00 bits per heavy atom. The smallest absolute Gasteiger partial charge is 0.264 e. The SMILES string of the molecule is O=S(=O)(Cl)Cc1ccncc1C(F)(F)F. The molecule has 1 aromatic rings. The van der Waals surface area contributed by atoms with E-state index in [1.54, 1.807) is 0 Å². The average molecular weight is 260 g/mol. The summed E-state index contributed by atoms with van der Waals surface area (Å²) in [6.07, 6.45) is -2.99. The number of hydrogen-bond donors (Lipinski definition) is 0. The van der Waals surface area contributed by atoms with Crippen molar-refractivity contribution in [2.75, 3.05) is 0 Å². The van der Waals surface area contributed by atoms with Crippen LogP contribution in [0.3, 0.4) is 0 Å². The molecular weight excluding hydrogens is 255 g/mol. The van der Waals surface area contributed by atoms with Crippen molar-refractivity contribution < 1.29 is 21.6 Å². The van der Waals surface area contributed by atoms with Crippen LogP contribution in [-0.4, -0.2) is 13.4 Å². The van der Waals surface area contributed by atoms with Crippen LogP contribution in [0.5, 0.6) is 0 Å². The van der Waals surface area contributed by atoms with Crippen LogP contribution in [0.15, 0.2) is 18.5 Å². The maximum Gasteiger partial charge on any atom is 0.418 e. The standard InChI is InChI=1S/C7H5ClF3NO2S/c8-15(13,14)4-5-1-2-12-3-6(5)7(9,10)11/h1-3H,4H2. The molecule has 0 atom stereocenters. The summed E-state index contributed by atoms with van der Waals surface area (Å²) >= 11 is 0. The molecule has 84 valence electrons. The molecule has 1 aromatic heterocycles. The van der Waals surface area contributed by atoms with Gasteiger partial charge in [-0.2, -0.15) is 13.2 Å². The molecule has 0 unspecified atom stereocenters. The highest BCUT2D eigenvalue weighted by Gasteiger charge is 2.34. The van der Waals surface area contributed by atoms with E-state index in [0.29, 0.717) is 6.20 Å².